The summed E-state index contributed by atoms with van der Waals surface area (Å²) in [5.74, 6) is -0.124. The molecule has 0 saturated carbocycles. The van der Waals surface area contributed by atoms with E-state index in [1.165, 1.54) is 16.2 Å². The number of thiazole rings is 1. The van der Waals surface area contributed by atoms with Crippen molar-refractivity contribution in [1.82, 2.24) is 9.88 Å². The summed E-state index contributed by atoms with van der Waals surface area (Å²) in [6.45, 7) is 2.86. The SMILES string of the molecule is CCNc1nc(N)c(C(=O)N2CC(O)C(O)C2)s1. The van der Waals surface area contributed by atoms with Gasteiger partial charge < -0.3 is 26.2 Å². The van der Waals surface area contributed by atoms with Crippen molar-refractivity contribution in [1.29, 1.82) is 0 Å². The van der Waals surface area contributed by atoms with Crippen molar-refractivity contribution in [2.75, 3.05) is 30.7 Å². The number of nitrogens with one attached hydrogen (secondary N) is 1. The first-order valence-corrected chi connectivity index (χ1v) is 6.50. The van der Waals surface area contributed by atoms with Crippen LogP contribution in [0.5, 0.6) is 0 Å². The predicted molar refractivity (Wildman–Crippen MR) is 68.6 cm³/mol. The van der Waals surface area contributed by atoms with E-state index in [1.54, 1.807) is 0 Å². The summed E-state index contributed by atoms with van der Waals surface area (Å²) in [4.78, 5) is 17.9. The van der Waals surface area contributed by atoms with E-state index in [2.05, 4.69) is 10.3 Å². The van der Waals surface area contributed by atoms with Crippen molar-refractivity contribution in [3.63, 3.8) is 0 Å². The topological polar surface area (TPSA) is 112 Å². The lowest BCUT2D eigenvalue weighted by Gasteiger charge is -2.13. The molecule has 1 aliphatic rings. The third-order valence-electron chi connectivity index (χ3n) is 2.72. The van der Waals surface area contributed by atoms with Gasteiger partial charge in [-0.2, -0.15) is 0 Å². The highest BCUT2D eigenvalue weighted by Crippen LogP contribution is 2.27. The van der Waals surface area contributed by atoms with Crippen LogP contribution < -0.4 is 11.1 Å². The summed E-state index contributed by atoms with van der Waals surface area (Å²) < 4.78 is 0. The van der Waals surface area contributed by atoms with Gasteiger partial charge in [0.1, 0.15) is 10.7 Å². The van der Waals surface area contributed by atoms with Crippen LogP contribution in [0.1, 0.15) is 16.6 Å². The van der Waals surface area contributed by atoms with Crippen molar-refractivity contribution in [3.8, 4) is 0 Å². The van der Waals surface area contributed by atoms with E-state index in [4.69, 9.17) is 5.73 Å². The standard InChI is InChI=1S/C10H16N4O3S/c1-2-12-10-13-8(11)7(18-10)9(17)14-3-5(15)6(16)4-14/h5-6,15-16H,2-4,11H2,1H3,(H,12,13). The summed E-state index contributed by atoms with van der Waals surface area (Å²) in [6, 6.07) is 0. The van der Waals surface area contributed by atoms with Gasteiger partial charge >= 0.3 is 0 Å². The highest BCUT2D eigenvalue weighted by Gasteiger charge is 2.34. The fraction of sp³-hybridized carbons (Fsp3) is 0.600. The third kappa shape index (κ3) is 2.40. The summed E-state index contributed by atoms with van der Waals surface area (Å²) >= 11 is 1.18. The fourth-order valence-corrected chi connectivity index (χ4v) is 2.71. The second kappa shape index (κ2) is 5.09. The first kappa shape index (κ1) is 13.1. The Morgan fingerprint density at radius 1 is 1.56 bits per heavy atom. The number of nitrogen functional groups attached to an aromatic ring is 1. The van der Waals surface area contributed by atoms with Crippen LogP contribution in [-0.2, 0) is 0 Å². The van der Waals surface area contributed by atoms with Crippen LogP contribution >= 0.6 is 11.3 Å². The van der Waals surface area contributed by atoms with Gasteiger partial charge in [-0.05, 0) is 6.92 Å². The van der Waals surface area contributed by atoms with Crippen molar-refractivity contribution in [3.05, 3.63) is 4.88 Å². The number of hydrogen-bond donors (Lipinski definition) is 4. The Bertz CT molecular complexity index is 440. The lowest BCUT2D eigenvalue weighted by molar-refractivity contribution is 0.0572. The van der Waals surface area contributed by atoms with Crippen molar-refractivity contribution < 1.29 is 15.0 Å². The second-order valence-electron chi connectivity index (χ2n) is 4.11. The minimum atomic E-state index is -0.892. The molecule has 0 aliphatic carbocycles. The maximum Gasteiger partial charge on any atom is 0.268 e. The van der Waals surface area contributed by atoms with E-state index in [0.717, 1.165) is 0 Å². The van der Waals surface area contributed by atoms with Crippen LogP contribution in [-0.4, -0.2) is 57.8 Å². The minimum Gasteiger partial charge on any atom is -0.388 e. The first-order valence-electron chi connectivity index (χ1n) is 5.68. The predicted octanol–water partition coefficient (Wildman–Crippen LogP) is -0.665. The monoisotopic (exact) mass is 272 g/mol. The Hall–Kier alpha value is -1.38. The lowest BCUT2D eigenvalue weighted by atomic mass is 10.3. The van der Waals surface area contributed by atoms with Gasteiger partial charge in [-0.3, -0.25) is 4.79 Å². The maximum atomic E-state index is 12.1. The molecule has 1 aromatic rings. The molecule has 5 N–H and O–H groups in total. The maximum absolute atomic E-state index is 12.1. The van der Waals surface area contributed by atoms with Gasteiger partial charge in [0.15, 0.2) is 5.13 Å². The molecule has 1 amide bonds. The van der Waals surface area contributed by atoms with Crippen LogP contribution in [0, 0.1) is 0 Å². The fourth-order valence-electron chi connectivity index (χ4n) is 1.79. The zero-order chi connectivity index (χ0) is 13.3. The van der Waals surface area contributed by atoms with E-state index in [0.29, 0.717) is 16.6 Å². The lowest BCUT2D eigenvalue weighted by Crippen LogP contribution is -2.29. The molecule has 2 atom stereocenters. The minimum absolute atomic E-state index is 0.119. The zero-order valence-electron chi connectivity index (χ0n) is 9.96. The highest BCUT2D eigenvalue weighted by molar-refractivity contribution is 7.18. The number of rotatable bonds is 3. The molecule has 2 heterocycles. The molecule has 2 rings (SSSR count). The van der Waals surface area contributed by atoms with Crippen LogP contribution in [0.4, 0.5) is 10.9 Å². The Kier molecular flexibility index (Phi) is 3.69. The number of nitrogens with two attached hydrogens (primary N) is 1. The molecule has 18 heavy (non-hydrogen) atoms. The summed E-state index contributed by atoms with van der Waals surface area (Å²) in [5.41, 5.74) is 5.70. The Labute approximate surface area is 108 Å². The van der Waals surface area contributed by atoms with Gasteiger partial charge in [0, 0.05) is 19.6 Å². The molecule has 2 unspecified atom stereocenters. The number of aromatic nitrogens is 1. The van der Waals surface area contributed by atoms with Crippen molar-refractivity contribution in [2.45, 2.75) is 19.1 Å². The van der Waals surface area contributed by atoms with E-state index in [-0.39, 0.29) is 24.8 Å². The molecular weight excluding hydrogens is 256 g/mol. The van der Waals surface area contributed by atoms with Gasteiger partial charge in [0.05, 0.1) is 12.2 Å². The average Bonchev–Trinajstić information content (AvgIpc) is 2.83. The van der Waals surface area contributed by atoms with Gasteiger partial charge in [0.2, 0.25) is 0 Å². The molecule has 1 fully saturated rings. The largest absolute Gasteiger partial charge is 0.388 e. The molecule has 7 nitrogen and oxygen atoms in total. The Morgan fingerprint density at radius 2 is 2.17 bits per heavy atom. The van der Waals surface area contributed by atoms with Gasteiger partial charge in [-0.1, -0.05) is 11.3 Å². The molecule has 0 radical (unpaired) electrons. The number of carbonyl (C=O) groups is 1. The number of nitrogens with zero attached hydrogens (tertiary/aromatic N) is 2. The molecule has 1 aromatic heterocycles. The van der Waals surface area contributed by atoms with E-state index < -0.39 is 12.2 Å². The number of anilines is 2. The first-order chi connectivity index (χ1) is 8.52. The number of carbonyl (C=O) groups excluding carboxylic acids is 1. The van der Waals surface area contributed by atoms with E-state index in [9.17, 15) is 15.0 Å². The smallest absolute Gasteiger partial charge is 0.268 e. The van der Waals surface area contributed by atoms with E-state index >= 15 is 0 Å². The molecule has 0 bridgehead atoms. The number of amides is 1. The van der Waals surface area contributed by atoms with Crippen LogP contribution in [0.2, 0.25) is 0 Å². The second-order valence-corrected chi connectivity index (χ2v) is 5.11. The van der Waals surface area contributed by atoms with Gasteiger partial charge in [-0.25, -0.2) is 4.98 Å². The number of β-amino-alcohol motifs (C(OH)–C–C–N with tert-alkyl or cyclic N) is 2. The molecule has 0 aromatic carbocycles. The highest BCUT2D eigenvalue weighted by atomic mass is 32.1. The summed E-state index contributed by atoms with van der Waals surface area (Å²) in [6.07, 6.45) is -1.78. The molecule has 0 spiro atoms. The zero-order valence-corrected chi connectivity index (χ0v) is 10.8. The summed E-state index contributed by atoms with van der Waals surface area (Å²) in [5, 5.41) is 22.4. The number of hydrogen-bond acceptors (Lipinski definition) is 7. The molecule has 1 aliphatic heterocycles. The molecule has 1 saturated heterocycles. The number of aliphatic hydroxyl groups is 2. The number of aliphatic hydroxyl groups excluding tert-OH is 2. The van der Waals surface area contributed by atoms with Crippen LogP contribution in [0.15, 0.2) is 0 Å². The van der Waals surface area contributed by atoms with Crippen molar-refractivity contribution in [2.24, 2.45) is 0 Å². The third-order valence-corrected chi connectivity index (χ3v) is 3.74. The van der Waals surface area contributed by atoms with Crippen LogP contribution in [0.3, 0.4) is 0 Å². The molecule has 100 valence electrons. The Morgan fingerprint density at radius 3 is 2.72 bits per heavy atom. The van der Waals surface area contributed by atoms with Gasteiger partial charge in [0.25, 0.3) is 5.91 Å². The van der Waals surface area contributed by atoms with Crippen molar-refractivity contribution >= 4 is 28.2 Å². The summed E-state index contributed by atoms with van der Waals surface area (Å²) in [7, 11) is 0. The molecule has 8 heteroatoms. The average molecular weight is 272 g/mol. The van der Waals surface area contributed by atoms with E-state index in [1.807, 2.05) is 6.92 Å². The normalized spacial score (nSPS) is 23.4. The quantitative estimate of drug-likeness (QED) is 0.581. The molecular formula is C10H16N4O3S. The van der Waals surface area contributed by atoms with Crippen LogP contribution in [0.25, 0.3) is 0 Å². The number of likely N-dealkylation sites (tertiary alicyclic amines) is 1. The van der Waals surface area contributed by atoms with Gasteiger partial charge in [-0.15, -0.1) is 0 Å². The Balaban J connectivity index is 2.14.